The van der Waals surface area contributed by atoms with Crippen molar-refractivity contribution in [1.29, 1.82) is 0 Å². The lowest BCUT2D eigenvalue weighted by atomic mass is 10.1. The van der Waals surface area contributed by atoms with Crippen molar-refractivity contribution >= 4 is 5.82 Å². The first-order valence-electron chi connectivity index (χ1n) is 6.66. The summed E-state index contributed by atoms with van der Waals surface area (Å²) < 4.78 is 0. The number of hydrogen-bond acceptors (Lipinski definition) is 3. The van der Waals surface area contributed by atoms with Crippen LogP contribution >= 0.6 is 0 Å². The summed E-state index contributed by atoms with van der Waals surface area (Å²) in [6.45, 7) is 10.5. The van der Waals surface area contributed by atoms with Crippen molar-refractivity contribution in [3.8, 4) is 11.3 Å². The van der Waals surface area contributed by atoms with E-state index >= 15 is 0 Å². The summed E-state index contributed by atoms with van der Waals surface area (Å²) in [6.07, 6.45) is 1.81. The highest BCUT2D eigenvalue weighted by atomic mass is 15.5. The summed E-state index contributed by atoms with van der Waals surface area (Å²) in [5.41, 5.74) is 2.03. The molecule has 2 aromatic rings. The molecule has 1 aromatic carbocycles. The first-order valence-corrected chi connectivity index (χ1v) is 6.66. The standard InChI is InChI=1S/C15H20N4/c1-4-12-19-16-14(13-10-8-7-9-11-13)15(17-19)18(5-2)6-3/h4,7-11H,1,5-6,12H2,2-3H3. The van der Waals surface area contributed by atoms with E-state index in [1.807, 2.05) is 18.2 Å². The van der Waals surface area contributed by atoms with Crippen LogP contribution in [0.3, 0.4) is 0 Å². The first kappa shape index (κ1) is 13.3. The van der Waals surface area contributed by atoms with E-state index in [0.717, 1.165) is 30.2 Å². The van der Waals surface area contributed by atoms with Gasteiger partial charge in [-0.15, -0.1) is 11.7 Å². The van der Waals surface area contributed by atoms with Gasteiger partial charge < -0.3 is 4.90 Å². The second-order valence-electron chi connectivity index (χ2n) is 4.25. The van der Waals surface area contributed by atoms with Crippen LogP contribution in [0.15, 0.2) is 43.0 Å². The van der Waals surface area contributed by atoms with Gasteiger partial charge in [0.05, 0.1) is 6.54 Å². The zero-order valence-corrected chi connectivity index (χ0v) is 11.6. The molecule has 0 fully saturated rings. The van der Waals surface area contributed by atoms with Crippen LogP contribution in [0.25, 0.3) is 11.3 Å². The number of anilines is 1. The van der Waals surface area contributed by atoms with Crippen LogP contribution in [0.1, 0.15) is 13.8 Å². The molecule has 100 valence electrons. The maximum Gasteiger partial charge on any atom is 0.179 e. The van der Waals surface area contributed by atoms with Gasteiger partial charge in [0.2, 0.25) is 0 Å². The van der Waals surface area contributed by atoms with E-state index in [1.165, 1.54) is 0 Å². The molecule has 0 unspecified atom stereocenters. The zero-order chi connectivity index (χ0) is 13.7. The number of allylic oxidation sites excluding steroid dienone is 1. The van der Waals surface area contributed by atoms with E-state index in [4.69, 9.17) is 0 Å². The molecule has 0 aliphatic rings. The molecule has 0 atom stereocenters. The Morgan fingerprint density at radius 3 is 2.42 bits per heavy atom. The highest BCUT2D eigenvalue weighted by Crippen LogP contribution is 2.26. The molecular weight excluding hydrogens is 236 g/mol. The van der Waals surface area contributed by atoms with E-state index in [-0.39, 0.29) is 0 Å². The highest BCUT2D eigenvalue weighted by molar-refractivity contribution is 5.71. The number of rotatable bonds is 6. The molecule has 0 N–H and O–H groups in total. The third kappa shape index (κ3) is 2.84. The fourth-order valence-electron chi connectivity index (χ4n) is 2.06. The molecule has 1 heterocycles. The Kier molecular flexibility index (Phi) is 4.34. The van der Waals surface area contributed by atoms with Crippen LogP contribution in [0.4, 0.5) is 5.82 Å². The molecule has 1 aromatic heterocycles. The van der Waals surface area contributed by atoms with Crippen molar-refractivity contribution in [3.05, 3.63) is 43.0 Å². The van der Waals surface area contributed by atoms with Crippen molar-refractivity contribution in [2.45, 2.75) is 20.4 Å². The molecule has 4 nitrogen and oxygen atoms in total. The van der Waals surface area contributed by atoms with Gasteiger partial charge in [-0.25, -0.2) is 0 Å². The fraction of sp³-hybridized carbons (Fsp3) is 0.333. The molecule has 19 heavy (non-hydrogen) atoms. The zero-order valence-electron chi connectivity index (χ0n) is 11.6. The molecule has 0 saturated heterocycles. The quantitative estimate of drug-likeness (QED) is 0.745. The molecule has 0 amide bonds. The maximum atomic E-state index is 4.58. The van der Waals surface area contributed by atoms with Crippen LogP contribution in [0, 0.1) is 0 Å². The van der Waals surface area contributed by atoms with Gasteiger partial charge in [-0.2, -0.15) is 9.90 Å². The predicted octanol–water partition coefficient (Wildman–Crippen LogP) is 2.98. The van der Waals surface area contributed by atoms with Gasteiger partial charge >= 0.3 is 0 Å². The summed E-state index contributed by atoms with van der Waals surface area (Å²) in [5.74, 6) is 0.943. The van der Waals surface area contributed by atoms with Crippen LogP contribution in [-0.2, 0) is 6.54 Å². The van der Waals surface area contributed by atoms with Gasteiger partial charge in [0, 0.05) is 18.7 Å². The highest BCUT2D eigenvalue weighted by Gasteiger charge is 2.16. The molecular formula is C15H20N4. The third-order valence-electron chi connectivity index (χ3n) is 3.04. The number of benzene rings is 1. The van der Waals surface area contributed by atoms with E-state index in [2.05, 4.69) is 47.7 Å². The second-order valence-corrected chi connectivity index (χ2v) is 4.25. The topological polar surface area (TPSA) is 34.0 Å². The number of aromatic nitrogens is 3. The molecule has 2 rings (SSSR count). The molecule has 4 heteroatoms. The maximum absolute atomic E-state index is 4.58. The normalized spacial score (nSPS) is 10.4. The van der Waals surface area contributed by atoms with E-state index in [9.17, 15) is 0 Å². The Bertz CT molecular complexity index is 526. The van der Waals surface area contributed by atoms with Crippen LogP contribution in [0.2, 0.25) is 0 Å². The van der Waals surface area contributed by atoms with Crippen LogP contribution in [0.5, 0.6) is 0 Å². The summed E-state index contributed by atoms with van der Waals surface area (Å²) in [6, 6.07) is 10.2. The molecule has 0 spiro atoms. The van der Waals surface area contributed by atoms with Crippen molar-refractivity contribution in [2.24, 2.45) is 0 Å². The molecule has 0 aliphatic heterocycles. The average molecular weight is 256 g/mol. The van der Waals surface area contributed by atoms with Gasteiger partial charge in [0.1, 0.15) is 5.69 Å². The summed E-state index contributed by atoms with van der Waals surface area (Å²) in [5, 5.41) is 9.16. The van der Waals surface area contributed by atoms with Gasteiger partial charge in [0.15, 0.2) is 5.82 Å². The largest absolute Gasteiger partial charge is 0.354 e. The monoisotopic (exact) mass is 256 g/mol. The van der Waals surface area contributed by atoms with E-state index in [1.54, 1.807) is 10.9 Å². The lowest BCUT2D eigenvalue weighted by Crippen LogP contribution is -2.23. The van der Waals surface area contributed by atoms with Gasteiger partial charge in [0.25, 0.3) is 0 Å². The van der Waals surface area contributed by atoms with Crippen molar-refractivity contribution in [3.63, 3.8) is 0 Å². The van der Waals surface area contributed by atoms with E-state index in [0.29, 0.717) is 6.54 Å². The lowest BCUT2D eigenvalue weighted by molar-refractivity contribution is 0.601. The summed E-state index contributed by atoms with van der Waals surface area (Å²) in [4.78, 5) is 3.91. The number of nitrogens with zero attached hydrogens (tertiary/aromatic N) is 4. The molecule has 0 saturated carbocycles. The average Bonchev–Trinajstić information content (AvgIpc) is 2.86. The van der Waals surface area contributed by atoms with Crippen LogP contribution in [-0.4, -0.2) is 28.1 Å². The Morgan fingerprint density at radius 1 is 1.16 bits per heavy atom. The third-order valence-corrected chi connectivity index (χ3v) is 3.04. The minimum atomic E-state index is 0.626. The summed E-state index contributed by atoms with van der Waals surface area (Å²) >= 11 is 0. The first-order chi connectivity index (χ1) is 9.30. The second kappa shape index (κ2) is 6.18. The minimum absolute atomic E-state index is 0.626. The van der Waals surface area contributed by atoms with Gasteiger partial charge in [-0.3, -0.25) is 0 Å². The predicted molar refractivity (Wildman–Crippen MR) is 79.2 cm³/mol. The molecule has 0 aliphatic carbocycles. The van der Waals surface area contributed by atoms with Crippen LogP contribution < -0.4 is 4.90 Å². The van der Waals surface area contributed by atoms with E-state index < -0.39 is 0 Å². The SMILES string of the molecule is C=CCn1nc(-c2ccccc2)c(N(CC)CC)n1. The molecule has 0 bridgehead atoms. The fourth-order valence-corrected chi connectivity index (χ4v) is 2.06. The Labute approximate surface area is 114 Å². The van der Waals surface area contributed by atoms with Crippen molar-refractivity contribution < 1.29 is 0 Å². The van der Waals surface area contributed by atoms with Gasteiger partial charge in [-0.05, 0) is 13.8 Å². The smallest absolute Gasteiger partial charge is 0.179 e. The van der Waals surface area contributed by atoms with Crippen molar-refractivity contribution in [1.82, 2.24) is 15.0 Å². The molecule has 0 radical (unpaired) electrons. The number of hydrogen-bond donors (Lipinski definition) is 0. The summed E-state index contributed by atoms with van der Waals surface area (Å²) in [7, 11) is 0. The lowest BCUT2D eigenvalue weighted by Gasteiger charge is -2.18. The Hall–Kier alpha value is -2.10. The van der Waals surface area contributed by atoms with Crippen molar-refractivity contribution in [2.75, 3.05) is 18.0 Å². The Morgan fingerprint density at radius 2 is 1.84 bits per heavy atom. The minimum Gasteiger partial charge on any atom is -0.354 e. The van der Waals surface area contributed by atoms with Gasteiger partial charge in [-0.1, -0.05) is 36.4 Å². The Balaban J connectivity index is 2.48.